The normalized spacial score (nSPS) is 33.1. The molecule has 0 aromatic heterocycles. The van der Waals surface area contributed by atoms with Crippen LogP contribution in [0.5, 0.6) is 0 Å². The maximum atomic E-state index is 13.1. The van der Waals surface area contributed by atoms with Crippen LogP contribution in [0.15, 0.2) is 22.5 Å². The van der Waals surface area contributed by atoms with Gasteiger partial charge in [0.15, 0.2) is 0 Å². The van der Waals surface area contributed by atoms with E-state index in [1.807, 2.05) is 20.8 Å². The topological polar surface area (TPSA) is 80.7 Å². The second kappa shape index (κ2) is 6.32. The van der Waals surface area contributed by atoms with Crippen LogP contribution in [0.4, 0.5) is 0 Å². The number of esters is 1. The Balaban J connectivity index is 2.11. The number of fused-ring (bicyclic) bond motifs is 2. The number of allylic oxidation sites excluding steroid dienone is 3. The highest BCUT2D eigenvalue weighted by Crippen LogP contribution is 2.61. The smallest absolute Gasteiger partial charge is 0.302 e. The summed E-state index contributed by atoms with van der Waals surface area (Å²) in [6.45, 7) is 11.3. The van der Waals surface area contributed by atoms with Crippen molar-refractivity contribution in [2.45, 2.75) is 73.3 Å². The van der Waals surface area contributed by atoms with Crippen LogP contribution in [-0.4, -0.2) is 28.7 Å². The van der Waals surface area contributed by atoms with Gasteiger partial charge in [-0.15, -0.1) is 0 Å². The summed E-state index contributed by atoms with van der Waals surface area (Å²) in [4.78, 5) is 37.4. The molecule has 1 N–H and O–H groups in total. The van der Waals surface area contributed by atoms with Gasteiger partial charge in [0.05, 0.1) is 0 Å². The zero-order chi connectivity index (χ0) is 20.3. The molecule has 3 aliphatic rings. The Labute approximate surface area is 160 Å². The van der Waals surface area contributed by atoms with Crippen molar-refractivity contribution in [2.75, 3.05) is 0 Å². The van der Waals surface area contributed by atoms with Crippen molar-refractivity contribution in [1.82, 2.24) is 0 Å². The molecule has 5 nitrogen and oxygen atoms in total. The lowest BCUT2D eigenvalue weighted by Crippen LogP contribution is -2.55. The SMILES string of the molecule is CC(=O)O[C@H]1CC[C@]2(C)C3=C(CC[C@H]2C1(C)C)C(O)=C(C(C)C)C(=O)C3=O. The summed E-state index contributed by atoms with van der Waals surface area (Å²) in [5, 5.41) is 10.8. The Morgan fingerprint density at radius 1 is 1.15 bits per heavy atom. The van der Waals surface area contributed by atoms with E-state index in [9.17, 15) is 19.5 Å². The number of carbonyl (C=O) groups excluding carboxylic acids is 3. The predicted molar refractivity (Wildman–Crippen MR) is 101 cm³/mol. The molecule has 0 spiro atoms. The summed E-state index contributed by atoms with van der Waals surface area (Å²) in [7, 11) is 0. The van der Waals surface area contributed by atoms with Gasteiger partial charge < -0.3 is 9.84 Å². The Morgan fingerprint density at radius 3 is 2.33 bits per heavy atom. The number of hydrogen-bond acceptors (Lipinski definition) is 5. The molecule has 0 bridgehead atoms. The molecule has 1 fully saturated rings. The number of hydrogen-bond donors (Lipinski definition) is 1. The van der Waals surface area contributed by atoms with Gasteiger partial charge in [0.1, 0.15) is 11.9 Å². The number of aliphatic hydroxyl groups is 1. The lowest BCUT2D eigenvalue weighted by Gasteiger charge is -2.57. The first-order valence-corrected chi connectivity index (χ1v) is 9.86. The van der Waals surface area contributed by atoms with Gasteiger partial charge in [-0.2, -0.15) is 0 Å². The fraction of sp³-hybridized carbons (Fsp3) is 0.682. The van der Waals surface area contributed by atoms with Crippen LogP contribution >= 0.6 is 0 Å². The quantitative estimate of drug-likeness (QED) is 0.448. The third-order valence-corrected chi connectivity index (χ3v) is 7.08. The highest BCUT2D eigenvalue weighted by atomic mass is 16.5. The van der Waals surface area contributed by atoms with E-state index < -0.39 is 17.0 Å². The molecule has 0 heterocycles. The Morgan fingerprint density at radius 2 is 1.78 bits per heavy atom. The molecular formula is C22H30O5. The minimum Gasteiger partial charge on any atom is -0.507 e. The van der Waals surface area contributed by atoms with E-state index >= 15 is 0 Å². The molecule has 3 rings (SSSR count). The molecule has 0 unspecified atom stereocenters. The summed E-state index contributed by atoms with van der Waals surface area (Å²) in [5.74, 6) is -1.41. The number of ether oxygens (including phenoxy) is 1. The fourth-order valence-corrected chi connectivity index (χ4v) is 5.86. The van der Waals surface area contributed by atoms with E-state index in [4.69, 9.17) is 4.74 Å². The van der Waals surface area contributed by atoms with Crippen LogP contribution in [0, 0.1) is 22.7 Å². The molecule has 0 aliphatic heterocycles. The van der Waals surface area contributed by atoms with Gasteiger partial charge in [-0.05, 0) is 37.5 Å². The largest absolute Gasteiger partial charge is 0.507 e. The molecule has 27 heavy (non-hydrogen) atoms. The number of aliphatic hydroxyl groups excluding tert-OH is 1. The monoisotopic (exact) mass is 374 g/mol. The maximum absolute atomic E-state index is 13.1. The molecular weight excluding hydrogens is 344 g/mol. The van der Waals surface area contributed by atoms with Gasteiger partial charge >= 0.3 is 5.97 Å². The number of ketones is 2. The third-order valence-electron chi connectivity index (χ3n) is 7.08. The van der Waals surface area contributed by atoms with Crippen LogP contribution in [-0.2, 0) is 19.1 Å². The summed E-state index contributed by atoms with van der Waals surface area (Å²) >= 11 is 0. The fourth-order valence-electron chi connectivity index (χ4n) is 5.86. The van der Waals surface area contributed by atoms with Crippen LogP contribution in [0.25, 0.3) is 0 Å². The second-order valence-corrected chi connectivity index (χ2v) is 9.40. The van der Waals surface area contributed by atoms with Gasteiger partial charge in [-0.1, -0.05) is 34.6 Å². The third kappa shape index (κ3) is 2.77. The molecule has 0 aromatic carbocycles. The Bertz CT molecular complexity index is 783. The van der Waals surface area contributed by atoms with Crippen molar-refractivity contribution in [3.63, 3.8) is 0 Å². The van der Waals surface area contributed by atoms with E-state index in [0.29, 0.717) is 30.4 Å². The average molecular weight is 374 g/mol. The summed E-state index contributed by atoms with van der Waals surface area (Å²) < 4.78 is 5.59. The zero-order valence-electron chi connectivity index (χ0n) is 17.1. The first-order chi connectivity index (χ1) is 12.4. The highest BCUT2D eigenvalue weighted by Gasteiger charge is 2.58. The van der Waals surface area contributed by atoms with E-state index in [2.05, 4.69) is 13.8 Å². The van der Waals surface area contributed by atoms with E-state index in [1.165, 1.54) is 6.92 Å². The predicted octanol–water partition coefficient (Wildman–Crippen LogP) is 4.07. The molecule has 0 radical (unpaired) electrons. The van der Waals surface area contributed by atoms with Crippen molar-refractivity contribution in [2.24, 2.45) is 22.7 Å². The Hall–Kier alpha value is -1.91. The van der Waals surface area contributed by atoms with Gasteiger partial charge in [0.25, 0.3) is 0 Å². The van der Waals surface area contributed by atoms with E-state index in [-0.39, 0.29) is 40.7 Å². The first kappa shape index (κ1) is 19.8. The van der Waals surface area contributed by atoms with E-state index in [1.54, 1.807) is 0 Å². The Kier molecular flexibility index (Phi) is 4.64. The van der Waals surface area contributed by atoms with Gasteiger partial charge in [0, 0.05) is 34.5 Å². The maximum Gasteiger partial charge on any atom is 0.302 e. The molecule has 1 saturated carbocycles. The van der Waals surface area contributed by atoms with Gasteiger partial charge in [-0.25, -0.2) is 0 Å². The van der Waals surface area contributed by atoms with Crippen LogP contribution in [0.3, 0.4) is 0 Å². The number of Topliss-reactive ketones (excluding diaryl/α,β-unsaturated/α-hetero) is 2. The number of rotatable bonds is 2. The summed E-state index contributed by atoms with van der Waals surface area (Å²) in [6.07, 6.45) is 2.43. The van der Waals surface area contributed by atoms with Crippen LogP contribution in [0.2, 0.25) is 0 Å². The van der Waals surface area contributed by atoms with Crippen molar-refractivity contribution in [3.8, 4) is 0 Å². The standard InChI is InChI=1S/C22H30O5/c1-11(2)16-18(24)13-7-8-14-21(4,5)15(27-12(3)23)9-10-22(14,6)17(13)20(26)19(16)25/h11,14-15,24H,7-10H2,1-6H3/t14-,15-,22-/m0/s1. The summed E-state index contributed by atoms with van der Waals surface area (Å²) in [5.41, 5.74) is 0.576. The highest BCUT2D eigenvalue weighted by molar-refractivity contribution is 6.50. The molecule has 0 aromatic rings. The van der Waals surface area contributed by atoms with Crippen molar-refractivity contribution in [3.05, 3.63) is 22.5 Å². The van der Waals surface area contributed by atoms with Gasteiger partial charge in [0.2, 0.25) is 11.6 Å². The molecule has 3 atom stereocenters. The molecule has 0 amide bonds. The van der Waals surface area contributed by atoms with Crippen molar-refractivity contribution >= 4 is 17.5 Å². The average Bonchev–Trinajstić information content (AvgIpc) is 2.54. The summed E-state index contributed by atoms with van der Waals surface area (Å²) in [6, 6.07) is 0. The molecule has 148 valence electrons. The minimum absolute atomic E-state index is 0.0178. The van der Waals surface area contributed by atoms with E-state index in [0.717, 1.165) is 6.42 Å². The van der Waals surface area contributed by atoms with Crippen molar-refractivity contribution < 1.29 is 24.2 Å². The van der Waals surface area contributed by atoms with Gasteiger partial charge in [-0.3, -0.25) is 14.4 Å². The van der Waals surface area contributed by atoms with Crippen LogP contribution < -0.4 is 0 Å². The minimum atomic E-state index is -0.567. The lowest BCUT2D eigenvalue weighted by atomic mass is 9.48. The zero-order valence-corrected chi connectivity index (χ0v) is 17.1. The first-order valence-electron chi connectivity index (χ1n) is 9.86. The van der Waals surface area contributed by atoms with Crippen LogP contribution in [0.1, 0.15) is 67.2 Å². The lowest BCUT2D eigenvalue weighted by molar-refractivity contribution is -0.167. The molecule has 5 heteroatoms. The molecule has 0 saturated heterocycles. The van der Waals surface area contributed by atoms with Crippen molar-refractivity contribution in [1.29, 1.82) is 0 Å². The molecule has 3 aliphatic carbocycles. The number of carbonyl (C=O) groups is 3. The second-order valence-electron chi connectivity index (χ2n) is 9.40.